The summed E-state index contributed by atoms with van der Waals surface area (Å²) in [5, 5.41) is 11.0. The van der Waals surface area contributed by atoms with Gasteiger partial charge in [0, 0.05) is 12.1 Å². The topological polar surface area (TPSA) is 141 Å². The lowest BCUT2D eigenvalue weighted by atomic mass is 9.95. The van der Waals surface area contributed by atoms with Gasteiger partial charge in [-0.2, -0.15) is 0 Å². The van der Waals surface area contributed by atoms with Gasteiger partial charge in [-0.25, -0.2) is 9.79 Å². The highest BCUT2D eigenvalue weighted by molar-refractivity contribution is 7.07. The molecule has 0 fully saturated rings. The first-order chi connectivity index (χ1) is 22.7. The summed E-state index contributed by atoms with van der Waals surface area (Å²) in [4.78, 5) is 42.9. The maximum Gasteiger partial charge on any atom is 0.338 e. The van der Waals surface area contributed by atoms with Crippen LogP contribution in [0.25, 0.3) is 6.08 Å². The molecule has 1 aromatic heterocycles. The zero-order valence-corrected chi connectivity index (χ0v) is 27.3. The Morgan fingerprint density at radius 1 is 0.957 bits per heavy atom. The second-order valence-electron chi connectivity index (χ2n) is 10.3. The molecule has 3 aromatic carbocycles. The summed E-state index contributed by atoms with van der Waals surface area (Å²) in [5.74, 6) is 1.34. The van der Waals surface area contributed by atoms with Crippen molar-refractivity contribution in [3.05, 3.63) is 118 Å². The number of nitro benzene ring substituents is 1. The first-order valence-electron chi connectivity index (χ1n) is 14.7. The van der Waals surface area contributed by atoms with Gasteiger partial charge in [-0.15, -0.1) is 0 Å². The molecule has 4 aromatic rings. The van der Waals surface area contributed by atoms with Crippen LogP contribution in [0.3, 0.4) is 0 Å². The third-order valence-corrected chi connectivity index (χ3v) is 8.33. The molecule has 5 rings (SSSR count). The molecule has 47 heavy (non-hydrogen) atoms. The highest BCUT2D eigenvalue weighted by atomic mass is 32.1. The van der Waals surface area contributed by atoms with E-state index < -0.39 is 16.9 Å². The molecule has 1 aliphatic rings. The Kier molecular flexibility index (Phi) is 10.0. The van der Waals surface area contributed by atoms with Gasteiger partial charge in [0.2, 0.25) is 0 Å². The number of benzene rings is 3. The molecule has 0 unspecified atom stereocenters. The third-order valence-electron chi connectivity index (χ3n) is 7.35. The van der Waals surface area contributed by atoms with E-state index in [0.717, 1.165) is 5.56 Å². The highest BCUT2D eigenvalue weighted by Gasteiger charge is 2.34. The summed E-state index contributed by atoms with van der Waals surface area (Å²) in [6.45, 7) is 6.00. The molecular formula is C34H33N3O9S. The number of esters is 1. The molecule has 0 spiro atoms. The number of methoxy groups -OCH3 is 2. The normalized spacial score (nSPS) is 14.2. The van der Waals surface area contributed by atoms with Gasteiger partial charge in [-0.05, 0) is 79.9 Å². The van der Waals surface area contributed by atoms with Crippen LogP contribution in [0, 0.1) is 10.1 Å². The monoisotopic (exact) mass is 659 g/mol. The number of nitro groups is 1. The molecule has 1 aliphatic heterocycles. The van der Waals surface area contributed by atoms with E-state index >= 15 is 0 Å². The van der Waals surface area contributed by atoms with E-state index in [4.69, 9.17) is 23.7 Å². The summed E-state index contributed by atoms with van der Waals surface area (Å²) in [5.41, 5.74) is 2.44. The number of carbonyl (C=O) groups is 1. The molecule has 1 atom stereocenters. The molecular weight excluding hydrogens is 626 g/mol. The standard InChI is InChI=1S/C34H33N3O9S/c1-6-44-28-16-22(10-14-26(28)46-19-21-8-12-24(13-9-21)37(40)41)17-29-32(38)36-31(23-11-15-25(42-4)27(18-23)43-5)30(33(39)45-7-2)20(3)35-34(36)47-29/h8-18,31H,6-7,19H2,1-5H3/b29-17-/t31-/m1/s1. The maximum atomic E-state index is 14.1. The number of allylic oxidation sites excluding steroid dienone is 1. The molecule has 0 aliphatic carbocycles. The van der Waals surface area contributed by atoms with Crippen LogP contribution < -0.4 is 33.8 Å². The lowest BCUT2D eigenvalue weighted by Crippen LogP contribution is -2.39. The van der Waals surface area contributed by atoms with Crippen LogP contribution in [-0.2, 0) is 16.1 Å². The Morgan fingerprint density at radius 3 is 2.34 bits per heavy atom. The first-order valence-corrected chi connectivity index (χ1v) is 15.5. The van der Waals surface area contributed by atoms with Gasteiger partial charge in [0.25, 0.3) is 11.2 Å². The maximum absolute atomic E-state index is 14.1. The largest absolute Gasteiger partial charge is 0.493 e. The summed E-state index contributed by atoms with van der Waals surface area (Å²) in [6, 6.07) is 15.9. The lowest BCUT2D eigenvalue weighted by Gasteiger charge is -2.25. The zero-order chi connectivity index (χ0) is 33.7. The van der Waals surface area contributed by atoms with Crippen LogP contribution >= 0.6 is 11.3 Å². The van der Waals surface area contributed by atoms with Crippen molar-refractivity contribution in [2.24, 2.45) is 4.99 Å². The Bertz CT molecular complexity index is 2030. The number of rotatable bonds is 12. The molecule has 0 saturated heterocycles. The van der Waals surface area contributed by atoms with Gasteiger partial charge in [0.15, 0.2) is 27.8 Å². The van der Waals surface area contributed by atoms with Gasteiger partial charge >= 0.3 is 5.97 Å². The molecule has 13 heteroatoms. The SMILES string of the molecule is CCOC(=O)C1=C(C)N=c2s/c(=C\c3ccc(OCc4ccc([N+](=O)[O-])cc4)c(OCC)c3)c(=O)n2[C@@H]1c1ccc(OC)c(OC)c1. The molecule has 0 bridgehead atoms. The summed E-state index contributed by atoms with van der Waals surface area (Å²) >= 11 is 1.20. The quantitative estimate of drug-likeness (QED) is 0.120. The van der Waals surface area contributed by atoms with E-state index in [0.29, 0.717) is 55.8 Å². The fourth-order valence-corrected chi connectivity index (χ4v) is 6.20. The summed E-state index contributed by atoms with van der Waals surface area (Å²) in [7, 11) is 3.05. The van der Waals surface area contributed by atoms with Crippen LogP contribution in [0.1, 0.15) is 43.5 Å². The van der Waals surface area contributed by atoms with Gasteiger partial charge in [0.05, 0.1) is 54.2 Å². The van der Waals surface area contributed by atoms with Crippen molar-refractivity contribution in [3.8, 4) is 23.0 Å². The van der Waals surface area contributed by atoms with Crippen molar-refractivity contribution >= 4 is 29.1 Å². The smallest absolute Gasteiger partial charge is 0.338 e. The van der Waals surface area contributed by atoms with Crippen molar-refractivity contribution in [2.45, 2.75) is 33.4 Å². The number of carbonyl (C=O) groups excluding carboxylic acids is 1. The van der Waals surface area contributed by atoms with E-state index in [1.54, 1.807) is 68.5 Å². The molecule has 0 N–H and O–H groups in total. The van der Waals surface area contributed by atoms with Crippen molar-refractivity contribution in [2.75, 3.05) is 27.4 Å². The fourth-order valence-electron chi connectivity index (χ4n) is 5.16. The average Bonchev–Trinajstić information content (AvgIpc) is 3.37. The van der Waals surface area contributed by atoms with Crippen LogP contribution in [0.15, 0.2) is 81.7 Å². The number of hydrogen-bond acceptors (Lipinski definition) is 11. The molecule has 0 saturated carbocycles. The summed E-state index contributed by atoms with van der Waals surface area (Å²) in [6.07, 6.45) is 1.74. The highest BCUT2D eigenvalue weighted by Crippen LogP contribution is 2.36. The Morgan fingerprint density at radius 2 is 1.68 bits per heavy atom. The van der Waals surface area contributed by atoms with Crippen LogP contribution in [0.4, 0.5) is 5.69 Å². The predicted octanol–water partition coefficient (Wildman–Crippen LogP) is 4.70. The number of nitrogens with zero attached hydrogens (tertiary/aromatic N) is 3. The number of thiazole rings is 1. The van der Waals surface area contributed by atoms with Gasteiger partial charge in [0.1, 0.15) is 6.61 Å². The second-order valence-corrected chi connectivity index (χ2v) is 11.3. The van der Waals surface area contributed by atoms with E-state index in [9.17, 15) is 19.7 Å². The predicted molar refractivity (Wildman–Crippen MR) is 175 cm³/mol. The van der Waals surface area contributed by atoms with Gasteiger partial charge in [-0.3, -0.25) is 19.5 Å². The minimum Gasteiger partial charge on any atom is -0.493 e. The fraction of sp³-hybridized carbons (Fsp3) is 0.265. The number of non-ortho nitro benzene ring substituents is 1. The number of ether oxygens (including phenoxy) is 5. The van der Waals surface area contributed by atoms with Crippen molar-refractivity contribution in [1.29, 1.82) is 0 Å². The van der Waals surface area contributed by atoms with Crippen LogP contribution in [0.2, 0.25) is 0 Å². The molecule has 2 heterocycles. The Labute approximate surface area is 273 Å². The molecule has 12 nitrogen and oxygen atoms in total. The van der Waals surface area contributed by atoms with Gasteiger partial charge < -0.3 is 23.7 Å². The van der Waals surface area contributed by atoms with Crippen LogP contribution in [-0.4, -0.2) is 42.9 Å². The van der Waals surface area contributed by atoms with Crippen molar-refractivity contribution in [1.82, 2.24) is 4.57 Å². The van der Waals surface area contributed by atoms with Crippen LogP contribution in [0.5, 0.6) is 23.0 Å². The van der Waals surface area contributed by atoms with E-state index in [1.165, 1.54) is 42.3 Å². The van der Waals surface area contributed by atoms with E-state index in [2.05, 4.69) is 4.99 Å². The zero-order valence-electron chi connectivity index (χ0n) is 26.5. The molecule has 0 radical (unpaired) electrons. The minimum atomic E-state index is -0.818. The number of hydrogen-bond donors (Lipinski definition) is 0. The summed E-state index contributed by atoms with van der Waals surface area (Å²) < 4.78 is 30.0. The molecule has 244 valence electrons. The first kappa shape index (κ1) is 32.9. The van der Waals surface area contributed by atoms with E-state index in [1.807, 2.05) is 6.92 Å². The lowest BCUT2D eigenvalue weighted by molar-refractivity contribution is -0.384. The van der Waals surface area contributed by atoms with Crippen molar-refractivity contribution < 1.29 is 33.4 Å². The molecule has 0 amide bonds. The number of fused-ring (bicyclic) bond motifs is 1. The van der Waals surface area contributed by atoms with Crippen molar-refractivity contribution in [3.63, 3.8) is 0 Å². The average molecular weight is 660 g/mol. The third kappa shape index (κ3) is 6.89. The minimum absolute atomic E-state index is 0.000659. The van der Waals surface area contributed by atoms with Gasteiger partial charge in [-0.1, -0.05) is 23.5 Å². The van der Waals surface area contributed by atoms with E-state index in [-0.39, 0.29) is 30.0 Å². The second kappa shape index (κ2) is 14.3. The Hall–Kier alpha value is -5.43. The number of aromatic nitrogens is 1. The Balaban J connectivity index is 1.54.